The molecule has 8 heteroatoms. The Bertz CT molecular complexity index is 449. The van der Waals surface area contributed by atoms with Crippen molar-refractivity contribution in [3.05, 3.63) is 11.4 Å². The first-order valence-corrected chi connectivity index (χ1v) is 6.93. The van der Waals surface area contributed by atoms with Gasteiger partial charge in [0.25, 0.3) is 0 Å². The van der Waals surface area contributed by atoms with Gasteiger partial charge in [-0.3, -0.25) is 0 Å². The minimum Gasteiger partial charge on any atom is -0.476 e. The fraction of sp³-hybridized carbons (Fsp3) is 0.769. The van der Waals surface area contributed by atoms with E-state index < -0.39 is 12.1 Å². The molecule has 2 unspecified atom stereocenters. The van der Waals surface area contributed by atoms with Crippen molar-refractivity contribution in [2.75, 3.05) is 20.3 Å². The first-order valence-electron chi connectivity index (χ1n) is 6.93. The van der Waals surface area contributed by atoms with E-state index in [1.165, 1.54) is 4.68 Å². The molecular weight excluding hydrogens is 278 g/mol. The van der Waals surface area contributed by atoms with Crippen molar-refractivity contribution in [2.24, 2.45) is 0 Å². The highest BCUT2D eigenvalue weighted by molar-refractivity contribution is 5.86. The van der Waals surface area contributed by atoms with Gasteiger partial charge < -0.3 is 19.7 Å². The number of rotatable bonds is 10. The number of aromatic carboxylic acids is 1. The first kappa shape index (κ1) is 17.5. The summed E-state index contributed by atoms with van der Waals surface area (Å²) in [4.78, 5) is 11.1. The average Bonchev–Trinajstić information content (AvgIpc) is 2.80. The normalized spacial score (nSPS) is 14.1. The number of ether oxygens (including phenoxy) is 2. The minimum absolute atomic E-state index is 0.0577. The summed E-state index contributed by atoms with van der Waals surface area (Å²) in [5.41, 5.74) is 0.465. The lowest BCUT2D eigenvalue weighted by molar-refractivity contribution is -0.0367. The summed E-state index contributed by atoms with van der Waals surface area (Å²) in [5.74, 6) is -1.11. The number of hydrogen-bond donors (Lipinski definition) is 2. The van der Waals surface area contributed by atoms with E-state index in [0.717, 1.165) is 6.42 Å². The molecule has 0 saturated heterocycles. The summed E-state index contributed by atoms with van der Waals surface area (Å²) >= 11 is 0. The highest BCUT2D eigenvalue weighted by Gasteiger charge is 2.20. The number of aromatic nitrogens is 3. The first-order chi connectivity index (χ1) is 9.99. The molecule has 0 aliphatic heterocycles. The molecule has 0 aliphatic rings. The van der Waals surface area contributed by atoms with Crippen molar-refractivity contribution in [3.63, 3.8) is 0 Å². The smallest absolute Gasteiger partial charge is 0.358 e. The van der Waals surface area contributed by atoms with E-state index >= 15 is 0 Å². The van der Waals surface area contributed by atoms with Crippen LogP contribution in [0.2, 0.25) is 0 Å². The minimum atomic E-state index is -1.11. The maximum absolute atomic E-state index is 11.1. The lowest BCUT2D eigenvalue weighted by atomic mass is 10.2. The van der Waals surface area contributed by atoms with E-state index in [0.29, 0.717) is 18.7 Å². The van der Waals surface area contributed by atoms with Crippen LogP contribution < -0.4 is 0 Å². The van der Waals surface area contributed by atoms with Gasteiger partial charge in [-0.2, -0.15) is 0 Å². The zero-order valence-corrected chi connectivity index (χ0v) is 12.7. The summed E-state index contributed by atoms with van der Waals surface area (Å²) in [6.45, 7) is 4.50. The van der Waals surface area contributed by atoms with E-state index in [1.54, 1.807) is 7.11 Å². The number of carbonyl (C=O) groups is 1. The molecule has 0 amide bonds. The van der Waals surface area contributed by atoms with E-state index in [4.69, 9.17) is 14.6 Å². The topological polar surface area (TPSA) is 107 Å². The maximum Gasteiger partial charge on any atom is 0.358 e. The van der Waals surface area contributed by atoms with Gasteiger partial charge in [0.05, 0.1) is 37.7 Å². The largest absolute Gasteiger partial charge is 0.476 e. The summed E-state index contributed by atoms with van der Waals surface area (Å²) in [7, 11) is 1.58. The van der Waals surface area contributed by atoms with Gasteiger partial charge in [0.15, 0.2) is 5.69 Å². The van der Waals surface area contributed by atoms with Crippen LogP contribution in [0.4, 0.5) is 0 Å². The molecule has 2 atom stereocenters. The SMILES string of the molecule is CCCc1c(C(=O)O)nnn1CC(O)COC(C)COC. The van der Waals surface area contributed by atoms with Crippen molar-refractivity contribution in [2.45, 2.75) is 45.4 Å². The number of aliphatic hydroxyl groups is 1. The molecule has 0 spiro atoms. The van der Waals surface area contributed by atoms with Crippen molar-refractivity contribution >= 4 is 5.97 Å². The third-order valence-electron chi connectivity index (χ3n) is 2.89. The molecule has 120 valence electrons. The van der Waals surface area contributed by atoms with Crippen molar-refractivity contribution in [3.8, 4) is 0 Å². The van der Waals surface area contributed by atoms with Crippen LogP contribution in [0.5, 0.6) is 0 Å². The van der Waals surface area contributed by atoms with Crippen LogP contribution in [0.15, 0.2) is 0 Å². The molecule has 1 heterocycles. The Morgan fingerprint density at radius 1 is 1.43 bits per heavy atom. The zero-order valence-electron chi connectivity index (χ0n) is 12.7. The van der Waals surface area contributed by atoms with Crippen LogP contribution in [0.25, 0.3) is 0 Å². The van der Waals surface area contributed by atoms with E-state index in [-0.39, 0.29) is 24.9 Å². The standard InChI is InChI=1S/C13H23N3O5/c1-4-5-11-12(13(18)19)14-15-16(11)6-10(17)8-21-9(2)7-20-3/h9-10,17H,4-8H2,1-3H3,(H,18,19). The van der Waals surface area contributed by atoms with Crippen LogP contribution in [0, 0.1) is 0 Å². The Labute approximate surface area is 123 Å². The Kier molecular flexibility index (Phi) is 7.27. The van der Waals surface area contributed by atoms with Gasteiger partial charge in [-0.15, -0.1) is 5.10 Å². The van der Waals surface area contributed by atoms with Gasteiger partial charge in [0, 0.05) is 7.11 Å². The second-order valence-corrected chi connectivity index (χ2v) is 4.88. The quantitative estimate of drug-likeness (QED) is 0.641. The van der Waals surface area contributed by atoms with Crippen LogP contribution in [-0.2, 0) is 22.4 Å². The van der Waals surface area contributed by atoms with Gasteiger partial charge >= 0.3 is 5.97 Å². The monoisotopic (exact) mass is 301 g/mol. The zero-order chi connectivity index (χ0) is 15.8. The van der Waals surface area contributed by atoms with Gasteiger partial charge in [-0.25, -0.2) is 9.48 Å². The summed E-state index contributed by atoms with van der Waals surface area (Å²) in [6.07, 6.45) is 0.404. The van der Waals surface area contributed by atoms with Crippen LogP contribution in [-0.4, -0.2) is 63.7 Å². The highest BCUT2D eigenvalue weighted by Crippen LogP contribution is 2.10. The number of aliphatic hydroxyl groups excluding tert-OH is 1. The van der Waals surface area contributed by atoms with Gasteiger partial charge in [-0.05, 0) is 13.3 Å². The molecular formula is C13H23N3O5. The molecule has 0 aliphatic carbocycles. The van der Waals surface area contributed by atoms with Gasteiger partial charge in [0.2, 0.25) is 0 Å². The predicted octanol–water partition coefficient (Wildman–Crippen LogP) is 0.341. The fourth-order valence-electron chi connectivity index (χ4n) is 1.94. The maximum atomic E-state index is 11.1. The number of carboxylic acid groups (broad SMARTS) is 1. The highest BCUT2D eigenvalue weighted by atomic mass is 16.5. The predicted molar refractivity (Wildman–Crippen MR) is 74.3 cm³/mol. The summed E-state index contributed by atoms with van der Waals surface area (Å²) < 4.78 is 11.8. The summed E-state index contributed by atoms with van der Waals surface area (Å²) in [5, 5.41) is 26.5. The molecule has 2 N–H and O–H groups in total. The van der Waals surface area contributed by atoms with Gasteiger partial charge in [-0.1, -0.05) is 18.6 Å². The number of hydrogen-bond acceptors (Lipinski definition) is 6. The van der Waals surface area contributed by atoms with Gasteiger partial charge in [0.1, 0.15) is 0 Å². The fourth-order valence-corrected chi connectivity index (χ4v) is 1.94. The molecule has 1 aromatic rings. The Hall–Kier alpha value is -1.51. The van der Waals surface area contributed by atoms with E-state index in [9.17, 15) is 9.90 Å². The van der Waals surface area contributed by atoms with E-state index in [1.807, 2.05) is 13.8 Å². The number of nitrogens with zero attached hydrogens (tertiary/aromatic N) is 3. The van der Waals surface area contributed by atoms with Crippen molar-refractivity contribution in [1.29, 1.82) is 0 Å². The molecule has 0 bridgehead atoms. The lowest BCUT2D eigenvalue weighted by Crippen LogP contribution is -2.27. The third kappa shape index (κ3) is 5.41. The Balaban J connectivity index is 2.63. The second-order valence-electron chi connectivity index (χ2n) is 4.88. The van der Waals surface area contributed by atoms with Crippen molar-refractivity contribution < 1.29 is 24.5 Å². The molecule has 1 rings (SSSR count). The lowest BCUT2D eigenvalue weighted by Gasteiger charge is -2.16. The van der Waals surface area contributed by atoms with E-state index in [2.05, 4.69) is 10.3 Å². The molecule has 0 radical (unpaired) electrons. The summed E-state index contributed by atoms with van der Waals surface area (Å²) in [6, 6.07) is 0. The number of methoxy groups -OCH3 is 1. The molecule has 0 fully saturated rings. The Morgan fingerprint density at radius 3 is 2.71 bits per heavy atom. The van der Waals surface area contributed by atoms with Crippen LogP contribution in [0.1, 0.15) is 36.5 Å². The molecule has 0 saturated carbocycles. The van der Waals surface area contributed by atoms with Crippen LogP contribution in [0.3, 0.4) is 0 Å². The second kappa shape index (κ2) is 8.71. The average molecular weight is 301 g/mol. The Morgan fingerprint density at radius 2 is 2.14 bits per heavy atom. The third-order valence-corrected chi connectivity index (χ3v) is 2.89. The molecule has 1 aromatic heterocycles. The molecule has 8 nitrogen and oxygen atoms in total. The van der Waals surface area contributed by atoms with Crippen LogP contribution >= 0.6 is 0 Å². The molecule has 21 heavy (non-hydrogen) atoms. The number of carboxylic acids is 1. The molecule has 0 aromatic carbocycles. The van der Waals surface area contributed by atoms with Crippen molar-refractivity contribution in [1.82, 2.24) is 15.0 Å².